The van der Waals surface area contributed by atoms with Gasteiger partial charge in [0.1, 0.15) is 5.57 Å². The van der Waals surface area contributed by atoms with Crippen molar-refractivity contribution < 1.29 is 19.3 Å². The number of nitro groups is 1. The second-order valence-corrected chi connectivity index (χ2v) is 6.15. The van der Waals surface area contributed by atoms with Gasteiger partial charge in [-0.2, -0.15) is 0 Å². The molecule has 1 saturated heterocycles. The van der Waals surface area contributed by atoms with E-state index in [0.717, 1.165) is 16.0 Å². The van der Waals surface area contributed by atoms with E-state index in [1.165, 1.54) is 30.3 Å². The number of non-ortho nitro benzene ring substituents is 1. The summed E-state index contributed by atoms with van der Waals surface area (Å²) in [5.41, 5.74) is 2.17. The van der Waals surface area contributed by atoms with Crippen molar-refractivity contribution in [3.05, 3.63) is 74.8 Å². The van der Waals surface area contributed by atoms with Crippen molar-refractivity contribution >= 4 is 35.3 Å². The number of anilines is 1. The van der Waals surface area contributed by atoms with E-state index in [4.69, 9.17) is 0 Å². The van der Waals surface area contributed by atoms with Crippen LogP contribution in [-0.2, 0) is 9.59 Å². The zero-order chi connectivity index (χ0) is 19.7. The average Bonchev–Trinajstić information content (AvgIpc) is 2.58. The van der Waals surface area contributed by atoms with E-state index in [2.05, 4.69) is 5.32 Å². The summed E-state index contributed by atoms with van der Waals surface area (Å²) < 4.78 is 0. The van der Waals surface area contributed by atoms with Crippen molar-refractivity contribution in [1.82, 2.24) is 5.32 Å². The van der Waals surface area contributed by atoms with Crippen molar-refractivity contribution in [2.45, 2.75) is 13.8 Å². The van der Waals surface area contributed by atoms with Crippen LogP contribution < -0.4 is 10.2 Å². The second kappa shape index (κ2) is 6.83. The number of nitro benzene ring substituents is 1. The van der Waals surface area contributed by atoms with Crippen LogP contribution in [0.25, 0.3) is 6.08 Å². The van der Waals surface area contributed by atoms with Crippen LogP contribution in [0.5, 0.6) is 0 Å². The number of imide groups is 2. The van der Waals surface area contributed by atoms with E-state index in [9.17, 15) is 24.5 Å². The molecule has 0 aromatic heterocycles. The lowest BCUT2D eigenvalue weighted by Gasteiger charge is -2.27. The van der Waals surface area contributed by atoms with Gasteiger partial charge in [0.25, 0.3) is 17.5 Å². The molecule has 1 N–H and O–H groups in total. The minimum Gasteiger partial charge on any atom is -0.273 e. The van der Waals surface area contributed by atoms with E-state index < -0.39 is 22.8 Å². The van der Waals surface area contributed by atoms with Gasteiger partial charge in [-0.3, -0.25) is 25.0 Å². The van der Waals surface area contributed by atoms with Gasteiger partial charge >= 0.3 is 6.03 Å². The standard InChI is InChI=1S/C19H15N3O5/c1-11-7-12(2)9-15(8-11)21-18(24)16(17(23)20-19(21)25)10-13-3-5-14(6-4-13)22(26)27/h3-10H,1-2H3,(H,20,23,25)/b16-10+. The third-order valence-electron chi connectivity index (χ3n) is 3.98. The summed E-state index contributed by atoms with van der Waals surface area (Å²) in [5.74, 6) is -1.57. The van der Waals surface area contributed by atoms with Gasteiger partial charge in [0, 0.05) is 12.1 Å². The molecule has 1 heterocycles. The molecule has 0 radical (unpaired) electrons. The summed E-state index contributed by atoms with van der Waals surface area (Å²) in [6.07, 6.45) is 1.30. The van der Waals surface area contributed by atoms with Gasteiger partial charge in [-0.1, -0.05) is 6.07 Å². The fraction of sp³-hybridized carbons (Fsp3) is 0.105. The molecule has 1 aliphatic heterocycles. The number of amides is 4. The van der Waals surface area contributed by atoms with Crippen LogP contribution in [0.3, 0.4) is 0 Å². The molecule has 2 aromatic carbocycles. The van der Waals surface area contributed by atoms with E-state index in [0.29, 0.717) is 11.3 Å². The van der Waals surface area contributed by atoms with Crippen LogP contribution in [0.1, 0.15) is 16.7 Å². The second-order valence-electron chi connectivity index (χ2n) is 6.15. The predicted molar refractivity (Wildman–Crippen MR) is 98.0 cm³/mol. The highest BCUT2D eigenvalue weighted by atomic mass is 16.6. The summed E-state index contributed by atoms with van der Waals surface area (Å²) >= 11 is 0. The fourth-order valence-electron chi connectivity index (χ4n) is 2.83. The van der Waals surface area contributed by atoms with E-state index in [-0.39, 0.29) is 11.3 Å². The number of hydrogen-bond acceptors (Lipinski definition) is 5. The van der Waals surface area contributed by atoms with E-state index >= 15 is 0 Å². The highest BCUT2D eigenvalue weighted by Crippen LogP contribution is 2.24. The fourth-order valence-corrected chi connectivity index (χ4v) is 2.83. The molecule has 2 aromatic rings. The molecule has 1 aliphatic rings. The van der Waals surface area contributed by atoms with Gasteiger partial charge < -0.3 is 0 Å². The third kappa shape index (κ3) is 3.59. The number of aryl methyl sites for hydroxylation is 2. The number of benzene rings is 2. The van der Waals surface area contributed by atoms with Crippen LogP contribution in [-0.4, -0.2) is 22.8 Å². The van der Waals surface area contributed by atoms with Crippen molar-refractivity contribution in [3.63, 3.8) is 0 Å². The minimum atomic E-state index is -0.823. The smallest absolute Gasteiger partial charge is 0.273 e. The van der Waals surface area contributed by atoms with Crippen molar-refractivity contribution in [2.75, 3.05) is 4.90 Å². The molecule has 1 fully saturated rings. The molecule has 0 atom stereocenters. The van der Waals surface area contributed by atoms with Gasteiger partial charge in [-0.05, 0) is 60.9 Å². The number of carbonyl (C=O) groups excluding carboxylic acids is 3. The van der Waals surface area contributed by atoms with Crippen LogP contribution >= 0.6 is 0 Å². The maximum Gasteiger partial charge on any atom is 0.335 e. The molecular weight excluding hydrogens is 350 g/mol. The predicted octanol–water partition coefficient (Wildman–Crippen LogP) is 2.88. The Morgan fingerprint density at radius 3 is 2.15 bits per heavy atom. The summed E-state index contributed by atoms with van der Waals surface area (Å²) in [6, 6.07) is 9.79. The Kier molecular flexibility index (Phi) is 4.55. The first-order valence-electron chi connectivity index (χ1n) is 8.00. The summed E-state index contributed by atoms with van der Waals surface area (Å²) in [5, 5.41) is 12.9. The third-order valence-corrected chi connectivity index (χ3v) is 3.98. The minimum absolute atomic E-state index is 0.108. The largest absolute Gasteiger partial charge is 0.335 e. The number of carbonyl (C=O) groups is 3. The number of barbiturate groups is 1. The molecule has 8 heteroatoms. The quantitative estimate of drug-likeness (QED) is 0.389. The van der Waals surface area contributed by atoms with Gasteiger partial charge in [0.05, 0.1) is 10.6 Å². The number of nitrogens with one attached hydrogen (secondary N) is 1. The van der Waals surface area contributed by atoms with Crippen LogP contribution in [0, 0.1) is 24.0 Å². The zero-order valence-corrected chi connectivity index (χ0v) is 14.6. The lowest BCUT2D eigenvalue weighted by Crippen LogP contribution is -2.54. The molecule has 27 heavy (non-hydrogen) atoms. The topological polar surface area (TPSA) is 110 Å². The summed E-state index contributed by atoms with van der Waals surface area (Å²) in [7, 11) is 0. The first-order valence-corrected chi connectivity index (χ1v) is 8.00. The molecule has 0 saturated carbocycles. The Labute approximate surface area is 154 Å². The molecule has 8 nitrogen and oxygen atoms in total. The molecule has 3 rings (SSSR count). The Bertz CT molecular complexity index is 988. The maximum atomic E-state index is 12.8. The molecule has 0 aliphatic carbocycles. The molecule has 0 unspecified atom stereocenters. The summed E-state index contributed by atoms with van der Waals surface area (Å²) in [6.45, 7) is 3.67. The maximum absolute atomic E-state index is 12.8. The van der Waals surface area contributed by atoms with Gasteiger partial charge in [-0.25, -0.2) is 9.69 Å². The number of urea groups is 1. The average molecular weight is 365 g/mol. The lowest BCUT2D eigenvalue weighted by molar-refractivity contribution is -0.384. The highest BCUT2D eigenvalue weighted by Gasteiger charge is 2.36. The SMILES string of the molecule is Cc1cc(C)cc(N2C(=O)NC(=O)/C(=C\c3ccc([N+](=O)[O-])cc3)C2=O)c1. The Morgan fingerprint density at radius 1 is 1.00 bits per heavy atom. The van der Waals surface area contributed by atoms with Gasteiger partial charge in [-0.15, -0.1) is 0 Å². The molecular formula is C19H15N3O5. The normalized spacial score (nSPS) is 15.9. The lowest BCUT2D eigenvalue weighted by atomic mass is 10.1. The van der Waals surface area contributed by atoms with Gasteiger partial charge in [0.2, 0.25) is 0 Å². The van der Waals surface area contributed by atoms with Crippen LogP contribution in [0.15, 0.2) is 48.0 Å². The Balaban J connectivity index is 2.00. The van der Waals surface area contributed by atoms with Gasteiger partial charge in [0.15, 0.2) is 0 Å². The zero-order valence-electron chi connectivity index (χ0n) is 14.6. The highest BCUT2D eigenvalue weighted by molar-refractivity contribution is 6.39. The number of rotatable bonds is 3. The Hall–Kier alpha value is -3.81. The van der Waals surface area contributed by atoms with Crippen molar-refractivity contribution in [1.29, 1.82) is 0 Å². The van der Waals surface area contributed by atoms with E-state index in [1.54, 1.807) is 12.1 Å². The van der Waals surface area contributed by atoms with Crippen LogP contribution in [0.4, 0.5) is 16.2 Å². The molecule has 0 spiro atoms. The van der Waals surface area contributed by atoms with Crippen molar-refractivity contribution in [3.8, 4) is 0 Å². The number of hydrogen-bond donors (Lipinski definition) is 1. The first kappa shape index (κ1) is 18.0. The number of nitrogens with zero attached hydrogens (tertiary/aromatic N) is 2. The molecule has 4 amide bonds. The molecule has 0 bridgehead atoms. The Morgan fingerprint density at radius 2 is 1.59 bits per heavy atom. The van der Waals surface area contributed by atoms with E-state index in [1.807, 2.05) is 19.9 Å². The molecule has 136 valence electrons. The van der Waals surface area contributed by atoms with Crippen molar-refractivity contribution in [2.24, 2.45) is 0 Å². The monoisotopic (exact) mass is 365 g/mol. The first-order chi connectivity index (χ1) is 12.8. The van der Waals surface area contributed by atoms with Crippen LogP contribution in [0.2, 0.25) is 0 Å². The summed E-state index contributed by atoms with van der Waals surface area (Å²) in [4.78, 5) is 48.3.